The first-order valence-electron chi connectivity index (χ1n) is 8.68. The number of urea groups is 1. The quantitative estimate of drug-likeness (QED) is 0.889. The minimum Gasteiger partial charge on any atom is -0.378 e. The minimum absolute atomic E-state index is 0.187. The number of piperidine rings is 1. The van der Waals surface area contributed by atoms with E-state index in [0.717, 1.165) is 19.3 Å². The zero-order valence-corrected chi connectivity index (χ0v) is 14.2. The van der Waals surface area contributed by atoms with Crippen LogP contribution in [0.2, 0.25) is 0 Å². The molecule has 1 saturated heterocycles. The van der Waals surface area contributed by atoms with Crippen LogP contribution in [-0.4, -0.2) is 36.7 Å². The van der Waals surface area contributed by atoms with Gasteiger partial charge in [0.2, 0.25) is 0 Å². The normalized spacial score (nSPS) is 15.2. The van der Waals surface area contributed by atoms with Crippen molar-refractivity contribution in [3.63, 3.8) is 0 Å². The van der Waals surface area contributed by atoms with Crippen molar-refractivity contribution in [3.8, 4) is 0 Å². The van der Waals surface area contributed by atoms with Gasteiger partial charge in [0.25, 0.3) is 0 Å². The minimum atomic E-state index is -0.358. The Morgan fingerprint density at radius 3 is 2.60 bits per heavy atom. The first kappa shape index (κ1) is 17.4. The Hall–Kier alpha value is -2.40. The van der Waals surface area contributed by atoms with Gasteiger partial charge in [0, 0.05) is 18.8 Å². The van der Waals surface area contributed by atoms with Gasteiger partial charge in [-0.05, 0) is 43.0 Å². The molecule has 0 aliphatic carbocycles. The van der Waals surface area contributed by atoms with Crippen molar-refractivity contribution in [3.05, 3.63) is 66.0 Å². The van der Waals surface area contributed by atoms with Crippen LogP contribution in [0, 0.1) is 5.82 Å². The van der Waals surface area contributed by atoms with Crippen LogP contribution in [-0.2, 0) is 11.2 Å². The highest BCUT2D eigenvalue weighted by atomic mass is 19.1. The second kappa shape index (κ2) is 8.62. The second-order valence-electron chi connectivity index (χ2n) is 6.23. The number of ether oxygens (including phenoxy) is 1. The van der Waals surface area contributed by atoms with Gasteiger partial charge in [-0.15, -0.1) is 0 Å². The van der Waals surface area contributed by atoms with Crippen LogP contribution in [0.4, 0.5) is 14.9 Å². The summed E-state index contributed by atoms with van der Waals surface area (Å²) in [6.07, 6.45) is 2.75. The van der Waals surface area contributed by atoms with Gasteiger partial charge >= 0.3 is 6.03 Å². The highest BCUT2D eigenvalue weighted by Gasteiger charge is 2.23. The van der Waals surface area contributed by atoms with Gasteiger partial charge in [0.1, 0.15) is 5.82 Å². The van der Waals surface area contributed by atoms with Crippen molar-refractivity contribution in [1.29, 1.82) is 0 Å². The van der Waals surface area contributed by atoms with Crippen molar-refractivity contribution in [1.82, 2.24) is 4.90 Å². The molecule has 132 valence electrons. The van der Waals surface area contributed by atoms with Crippen molar-refractivity contribution in [2.24, 2.45) is 0 Å². The summed E-state index contributed by atoms with van der Waals surface area (Å²) >= 11 is 0. The largest absolute Gasteiger partial charge is 0.378 e. The van der Waals surface area contributed by atoms with Gasteiger partial charge < -0.3 is 15.0 Å². The molecular formula is C20H23FN2O2. The van der Waals surface area contributed by atoms with Crippen LogP contribution < -0.4 is 5.32 Å². The highest BCUT2D eigenvalue weighted by molar-refractivity contribution is 5.89. The first-order chi connectivity index (χ1) is 12.2. The van der Waals surface area contributed by atoms with E-state index in [1.807, 2.05) is 18.2 Å². The Labute approximate surface area is 147 Å². The number of benzene rings is 2. The van der Waals surface area contributed by atoms with Crippen LogP contribution in [0.1, 0.15) is 18.4 Å². The molecule has 1 fully saturated rings. The van der Waals surface area contributed by atoms with E-state index in [-0.39, 0.29) is 18.0 Å². The number of amides is 2. The Morgan fingerprint density at radius 1 is 1.12 bits per heavy atom. The van der Waals surface area contributed by atoms with Crippen LogP contribution in [0.25, 0.3) is 0 Å². The molecule has 0 atom stereocenters. The molecule has 1 N–H and O–H groups in total. The topological polar surface area (TPSA) is 41.6 Å². The van der Waals surface area contributed by atoms with E-state index in [1.54, 1.807) is 17.0 Å². The summed E-state index contributed by atoms with van der Waals surface area (Å²) in [5.41, 5.74) is 1.75. The Morgan fingerprint density at radius 2 is 1.88 bits per heavy atom. The average molecular weight is 342 g/mol. The predicted molar refractivity (Wildman–Crippen MR) is 96.1 cm³/mol. The summed E-state index contributed by atoms with van der Waals surface area (Å²) < 4.78 is 19.1. The molecule has 0 radical (unpaired) electrons. The fourth-order valence-electron chi connectivity index (χ4n) is 2.98. The van der Waals surface area contributed by atoms with E-state index in [1.165, 1.54) is 17.7 Å². The molecule has 1 aliphatic rings. The van der Waals surface area contributed by atoms with Crippen LogP contribution in [0.3, 0.4) is 0 Å². The van der Waals surface area contributed by atoms with Crippen LogP contribution >= 0.6 is 0 Å². The number of rotatable bonds is 5. The molecule has 2 aromatic rings. The lowest BCUT2D eigenvalue weighted by Gasteiger charge is -2.32. The fourth-order valence-corrected chi connectivity index (χ4v) is 2.98. The predicted octanol–water partition coefficient (Wildman–Crippen LogP) is 4.08. The number of likely N-dealkylation sites (tertiary alicyclic amines) is 1. The maximum absolute atomic E-state index is 13.2. The zero-order valence-electron chi connectivity index (χ0n) is 14.2. The lowest BCUT2D eigenvalue weighted by atomic mass is 10.1. The molecule has 2 amide bonds. The van der Waals surface area contributed by atoms with Crippen LogP contribution in [0.5, 0.6) is 0 Å². The lowest BCUT2D eigenvalue weighted by molar-refractivity contribution is 0.0176. The van der Waals surface area contributed by atoms with Gasteiger partial charge in [-0.25, -0.2) is 9.18 Å². The molecule has 0 aromatic heterocycles. The number of anilines is 1. The standard InChI is InChI=1S/C20H23FN2O2/c21-17-7-4-8-18(15-17)22-20(24)23-12-9-19(10-13-23)25-14-11-16-5-2-1-3-6-16/h1-8,15,19H,9-14H2,(H,22,24). The number of halogens is 1. The molecule has 2 aromatic carbocycles. The smallest absolute Gasteiger partial charge is 0.321 e. The summed E-state index contributed by atoms with van der Waals surface area (Å²) in [6.45, 7) is 2.00. The van der Waals surface area contributed by atoms with E-state index in [4.69, 9.17) is 4.74 Å². The van der Waals surface area contributed by atoms with Crippen molar-refractivity contribution < 1.29 is 13.9 Å². The van der Waals surface area contributed by atoms with Crippen molar-refractivity contribution >= 4 is 11.7 Å². The van der Waals surface area contributed by atoms with Crippen molar-refractivity contribution in [2.45, 2.75) is 25.4 Å². The second-order valence-corrected chi connectivity index (χ2v) is 6.23. The van der Waals surface area contributed by atoms with E-state index >= 15 is 0 Å². The van der Waals surface area contributed by atoms with Crippen LogP contribution in [0.15, 0.2) is 54.6 Å². The van der Waals surface area contributed by atoms with E-state index in [9.17, 15) is 9.18 Å². The van der Waals surface area contributed by atoms with E-state index < -0.39 is 0 Å². The average Bonchev–Trinajstić information content (AvgIpc) is 2.63. The fraction of sp³-hybridized carbons (Fsp3) is 0.350. The number of nitrogens with zero attached hydrogens (tertiary/aromatic N) is 1. The summed E-state index contributed by atoms with van der Waals surface area (Å²) in [5, 5.41) is 2.74. The molecule has 0 unspecified atom stereocenters. The van der Waals surface area contributed by atoms with Gasteiger partial charge in [0.15, 0.2) is 0 Å². The third-order valence-electron chi connectivity index (χ3n) is 4.39. The number of carbonyl (C=O) groups is 1. The Balaban J connectivity index is 1.38. The summed E-state index contributed by atoms with van der Waals surface area (Å²) in [4.78, 5) is 14.0. The highest BCUT2D eigenvalue weighted by Crippen LogP contribution is 2.16. The summed E-state index contributed by atoms with van der Waals surface area (Å²) in [6, 6.07) is 16.0. The van der Waals surface area contributed by atoms with E-state index in [0.29, 0.717) is 25.4 Å². The van der Waals surface area contributed by atoms with Gasteiger partial charge in [-0.3, -0.25) is 0 Å². The summed E-state index contributed by atoms with van der Waals surface area (Å²) in [7, 11) is 0. The molecule has 1 aliphatic heterocycles. The first-order valence-corrected chi connectivity index (χ1v) is 8.68. The molecule has 1 heterocycles. The number of nitrogens with one attached hydrogen (secondary N) is 1. The molecule has 4 nitrogen and oxygen atoms in total. The van der Waals surface area contributed by atoms with Gasteiger partial charge in [-0.2, -0.15) is 0 Å². The maximum Gasteiger partial charge on any atom is 0.321 e. The molecule has 3 rings (SSSR count). The van der Waals surface area contributed by atoms with E-state index in [2.05, 4.69) is 17.4 Å². The Bertz CT molecular complexity index is 685. The Kier molecular flexibility index (Phi) is 6.01. The number of hydrogen-bond donors (Lipinski definition) is 1. The zero-order chi connectivity index (χ0) is 17.5. The van der Waals surface area contributed by atoms with Gasteiger partial charge in [-0.1, -0.05) is 36.4 Å². The molecule has 25 heavy (non-hydrogen) atoms. The summed E-state index contributed by atoms with van der Waals surface area (Å²) in [5.74, 6) is -0.358. The molecule has 0 spiro atoms. The maximum atomic E-state index is 13.2. The molecule has 0 bridgehead atoms. The van der Waals surface area contributed by atoms with Gasteiger partial charge in [0.05, 0.1) is 12.7 Å². The third-order valence-corrected chi connectivity index (χ3v) is 4.39. The molecular weight excluding hydrogens is 319 g/mol. The SMILES string of the molecule is O=C(Nc1cccc(F)c1)N1CCC(OCCc2ccccc2)CC1. The monoisotopic (exact) mass is 342 g/mol. The lowest BCUT2D eigenvalue weighted by Crippen LogP contribution is -2.43. The molecule has 5 heteroatoms. The number of hydrogen-bond acceptors (Lipinski definition) is 2. The number of carbonyl (C=O) groups excluding carboxylic acids is 1. The molecule has 0 saturated carbocycles. The van der Waals surface area contributed by atoms with Crippen molar-refractivity contribution in [2.75, 3.05) is 25.0 Å². The third kappa shape index (κ3) is 5.29.